The van der Waals surface area contributed by atoms with Gasteiger partial charge in [-0.25, -0.2) is 13.6 Å². The molecule has 3 aromatic carbocycles. The Hall–Kier alpha value is -4.51. The van der Waals surface area contributed by atoms with Crippen molar-refractivity contribution in [2.75, 3.05) is 15.5 Å². The number of rotatable bonds is 7. The molecule has 0 bridgehead atoms. The number of carbonyl (C=O) groups excluding carboxylic acids is 1. The highest BCUT2D eigenvalue weighted by Crippen LogP contribution is 2.41. The molecule has 0 unspecified atom stereocenters. The number of furan rings is 1. The summed E-state index contributed by atoms with van der Waals surface area (Å²) < 4.78 is 33.7. The highest BCUT2D eigenvalue weighted by molar-refractivity contribution is 6.33. The van der Waals surface area contributed by atoms with Gasteiger partial charge in [0, 0.05) is 16.7 Å². The lowest BCUT2D eigenvalue weighted by Crippen LogP contribution is -2.39. The van der Waals surface area contributed by atoms with Crippen LogP contribution >= 0.6 is 11.6 Å². The number of fused-ring (bicyclic) bond motifs is 1. The number of hydrogen-bond acceptors (Lipinski definition) is 7. The number of aromatic carboxylic acids is 1. The van der Waals surface area contributed by atoms with Crippen molar-refractivity contribution < 1.29 is 27.9 Å². The predicted molar refractivity (Wildman–Crippen MR) is 149 cm³/mol. The van der Waals surface area contributed by atoms with Gasteiger partial charge in [-0.15, -0.1) is 0 Å². The predicted octanol–water partition coefficient (Wildman–Crippen LogP) is 5.92. The molecule has 2 heterocycles. The number of anilines is 4. The number of carbonyl (C=O) groups is 2. The van der Waals surface area contributed by atoms with Crippen LogP contribution in [0.1, 0.15) is 64.6 Å². The lowest BCUT2D eigenvalue weighted by atomic mass is 9.85. The molecule has 1 aliphatic rings. The van der Waals surface area contributed by atoms with Gasteiger partial charge in [-0.2, -0.15) is 0 Å². The average Bonchev–Trinajstić information content (AvgIpc) is 3.48. The summed E-state index contributed by atoms with van der Waals surface area (Å²) in [6.07, 6.45) is 0. The van der Waals surface area contributed by atoms with Crippen LogP contribution in [0.15, 0.2) is 50.4 Å². The Morgan fingerprint density at radius 2 is 1.71 bits per heavy atom. The van der Waals surface area contributed by atoms with E-state index in [-0.39, 0.29) is 45.4 Å². The second-order valence-electron chi connectivity index (χ2n) is 10.9. The van der Waals surface area contributed by atoms with Crippen LogP contribution in [0, 0.1) is 24.0 Å². The van der Waals surface area contributed by atoms with Crippen molar-refractivity contribution in [1.82, 2.24) is 0 Å². The Balaban J connectivity index is 1.53. The third kappa shape index (κ3) is 4.76. The van der Waals surface area contributed by atoms with Gasteiger partial charge in [0.25, 0.3) is 16.8 Å². The van der Waals surface area contributed by atoms with Crippen LogP contribution in [0.5, 0.6) is 0 Å². The van der Waals surface area contributed by atoms with Gasteiger partial charge >= 0.3 is 5.97 Å². The molecule has 41 heavy (non-hydrogen) atoms. The largest absolute Gasteiger partial charge is 0.478 e. The molecule has 1 atom stereocenters. The zero-order valence-corrected chi connectivity index (χ0v) is 23.1. The van der Waals surface area contributed by atoms with Gasteiger partial charge in [-0.3, -0.25) is 14.4 Å². The van der Waals surface area contributed by atoms with Crippen molar-refractivity contribution in [2.24, 2.45) is 5.41 Å². The Bertz CT molecular complexity index is 1820. The second kappa shape index (κ2) is 9.84. The van der Waals surface area contributed by atoms with Crippen LogP contribution < -0.4 is 26.4 Å². The maximum absolute atomic E-state index is 14.1. The summed E-state index contributed by atoms with van der Waals surface area (Å²) in [5, 5.41) is 15.7. The Kier molecular flexibility index (Phi) is 6.73. The van der Waals surface area contributed by atoms with Crippen LogP contribution in [0.4, 0.5) is 31.5 Å². The Morgan fingerprint density at radius 1 is 1.05 bits per heavy atom. The fourth-order valence-corrected chi connectivity index (χ4v) is 5.08. The van der Waals surface area contributed by atoms with Crippen molar-refractivity contribution in [3.05, 3.63) is 102 Å². The minimum Gasteiger partial charge on any atom is -0.478 e. The normalized spacial score (nSPS) is 13.9. The van der Waals surface area contributed by atoms with E-state index < -0.39 is 51.4 Å². The van der Waals surface area contributed by atoms with E-state index in [1.807, 2.05) is 20.8 Å². The second-order valence-corrected chi connectivity index (χ2v) is 11.3. The highest BCUT2D eigenvalue weighted by Gasteiger charge is 2.37. The van der Waals surface area contributed by atoms with Crippen molar-refractivity contribution in [2.45, 2.75) is 40.3 Å². The third-order valence-corrected chi connectivity index (χ3v) is 7.32. The van der Waals surface area contributed by atoms with E-state index in [0.29, 0.717) is 23.7 Å². The summed E-state index contributed by atoms with van der Waals surface area (Å²) in [5.41, 5.74) is -2.68. The van der Waals surface area contributed by atoms with Crippen LogP contribution in [-0.2, 0) is 6.54 Å². The molecule has 0 radical (unpaired) electrons. The summed E-state index contributed by atoms with van der Waals surface area (Å²) in [4.78, 5) is 51.6. The maximum Gasteiger partial charge on any atom is 0.337 e. The molecule has 1 amide bonds. The lowest BCUT2D eigenvalue weighted by molar-refractivity contribution is 0.0697. The van der Waals surface area contributed by atoms with Gasteiger partial charge in [0.1, 0.15) is 22.9 Å². The lowest BCUT2D eigenvalue weighted by Gasteiger charge is -2.31. The van der Waals surface area contributed by atoms with Crippen LogP contribution in [-0.4, -0.2) is 17.0 Å². The summed E-state index contributed by atoms with van der Waals surface area (Å²) in [6, 6.07) is 7.10. The monoisotopic (exact) mass is 583 g/mol. The molecular weight excluding hydrogens is 560 g/mol. The summed E-state index contributed by atoms with van der Waals surface area (Å²) >= 11 is 6.36. The van der Waals surface area contributed by atoms with Gasteiger partial charge in [0.2, 0.25) is 0 Å². The molecule has 5 rings (SSSR count). The number of hydrogen-bond donors (Lipinski definition) is 3. The van der Waals surface area contributed by atoms with E-state index in [0.717, 1.165) is 4.90 Å². The number of nitrogens with zero attached hydrogens (tertiary/aromatic N) is 1. The van der Waals surface area contributed by atoms with E-state index in [1.165, 1.54) is 12.1 Å². The van der Waals surface area contributed by atoms with Crippen molar-refractivity contribution in [3.63, 3.8) is 0 Å². The number of amides is 1. The maximum atomic E-state index is 14.1. The summed E-state index contributed by atoms with van der Waals surface area (Å²) in [7, 11) is 0. The van der Waals surface area contributed by atoms with E-state index in [1.54, 1.807) is 19.1 Å². The van der Waals surface area contributed by atoms with Gasteiger partial charge in [-0.05, 0) is 42.7 Å². The van der Waals surface area contributed by atoms with Crippen molar-refractivity contribution in [3.8, 4) is 0 Å². The third-order valence-electron chi connectivity index (χ3n) is 6.96. The average molecular weight is 584 g/mol. The van der Waals surface area contributed by atoms with Gasteiger partial charge < -0.3 is 25.1 Å². The molecule has 0 fully saturated rings. The zero-order valence-electron chi connectivity index (χ0n) is 22.3. The fraction of sp³-hybridized carbons (Fsp3) is 0.241. The molecule has 3 N–H and O–H groups in total. The Labute approximate surface area is 237 Å². The minimum absolute atomic E-state index is 0.00347. The summed E-state index contributed by atoms with van der Waals surface area (Å²) in [5.74, 6) is -3.80. The molecule has 1 aliphatic heterocycles. The first kappa shape index (κ1) is 28.0. The molecule has 0 saturated heterocycles. The number of nitrogens with one attached hydrogen (secondary N) is 2. The van der Waals surface area contributed by atoms with Gasteiger partial charge in [-0.1, -0.05) is 32.4 Å². The van der Waals surface area contributed by atoms with E-state index in [2.05, 4.69) is 10.6 Å². The topological polar surface area (TPSA) is 129 Å². The number of carboxylic acids is 1. The molecular formula is C29H24ClF2N3O6. The van der Waals surface area contributed by atoms with Crippen LogP contribution in [0.3, 0.4) is 0 Å². The van der Waals surface area contributed by atoms with Crippen LogP contribution in [0.2, 0.25) is 5.02 Å². The molecule has 0 aliphatic carbocycles. The van der Waals surface area contributed by atoms with Gasteiger partial charge in [0.15, 0.2) is 11.6 Å². The molecule has 1 aromatic heterocycles. The molecule has 0 spiro atoms. The molecule has 4 aromatic rings. The SMILES string of the molecule is Cc1ccc([C@H](Nc2c(Nc3ccc(Cl)c4c3C(=O)N(c3cc(F)c(F)cc3C(=O)O)C4)c(=O)c2=O)C(C)(C)C)o1. The standard InChI is InChI=1S/C29H24ClF2N3O6/c1-12-5-8-20(41-12)26(29(2,3)4)34-23-22(24(36)25(23)37)33-18-7-6-15(30)14-11-35(27(38)21(14)18)19-10-17(32)16(31)9-13(19)28(39)40/h5-10,26,33-34H,11H2,1-4H3,(H,39,40)/t26-/m0/s1. The highest BCUT2D eigenvalue weighted by atomic mass is 35.5. The Morgan fingerprint density at radius 3 is 2.32 bits per heavy atom. The first-order valence-corrected chi connectivity index (χ1v) is 12.9. The minimum atomic E-state index is -1.56. The smallest absolute Gasteiger partial charge is 0.337 e. The number of benzene rings is 2. The van der Waals surface area contributed by atoms with E-state index in [9.17, 15) is 33.1 Å². The number of halogens is 3. The number of aryl methyl sites for hydroxylation is 1. The molecule has 0 saturated carbocycles. The number of carboxylic acid groups (broad SMARTS) is 1. The quantitative estimate of drug-likeness (QED) is 0.229. The van der Waals surface area contributed by atoms with Crippen LogP contribution in [0.25, 0.3) is 0 Å². The molecule has 212 valence electrons. The first-order chi connectivity index (χ1) is 19.2. The van der Waals surface area contributed by atoms with E-state index >= 15 is 0 Å². The van der Waals surface area contributed by atoms with E-state index in [4.69, 9.17) is 16.0 Å². The fourth-order valence-electron chi connectivity index (χ4n) is 4.87. The molecule has 9 nitrogen and oxygen atoms in total. The molecule has 12 heteroatoms. The zero-order chi connectivity index (χ0) is 30.0. The first-order valence-electron chi connectivity index (χ1n) is 12.5. The van der Waals surface area contributed by atoms with Gasteiger partial charge in [0.05, 0.1) is 35.1 Å². The van der Waals surface area contributed by atoms with Crippen molar-refractivity contribution in [1.29, 1.82) is 0 Å². The summed E-state index contributed by atoms with van der Waals surface area (Å²) in [6.45, 7) is 7.35. The van der Waals surface area contributed by atoms with Crippen molar-refractivity contribution >= 4 is 46.2 Å².